The molecule has 308 valence electrons. The molecule has 6 aliphatic rings. The number of carbonyl (C=O) groups excluding carboxylic acids is 8. The lowest BCUT2D eigenvalue weighted by Crippen LogP contribution is -2.84. The summed E-state index contributed by atoms with van der Waals surface area (Å²) in [7, 11) is 1.08. The van der Waals surface area contributed by atoms with Crippen molar-refractivity contribution in [1.29, 1.82) is 0 Å². The lowest BCUT2D eigenvalue weighted by molar-refractivity contribution is -0.356. The van der Waals surface area contributed by atoms with Gasteiger partial charge in [0.15, 0.2) is 24.1 Å². The average Bonchev–Trinajstić information content (AvgIpc) is 3.87. The highest BCUT2D eigenvalue weighted by Gasteiger charge is 2.92. The molecule has 0 aromatic rings. The van der Waals surface area contributed by atoms with E-state index in [0.29, 0.717) is 0 Å². The minimum absolute atomic E-state index is 0.0531. The summed E-state index contributed by atoms with van der Waals surface area (Å²) >= 11 is 0. The molecule has 0 aromatic heterocycles. The summed E-state index contributed by atoms with van der Waals surface area (Å²) in [5, 5.41) is 13.5. The van der Waals surface area contributed by atoms with Crippen molar-refractivity contribution in [2.24, 2.45) is 39.4 Å². The summed E-state index contributed by atoms with van der Waals surface area (Å²) in [6.07, 6.45) is -6.43. The van der Waals surface area contributed by atoms with E-state index in [1.807, 2.05) is 6.92 Å². The van der Waals surface area contributed by atoms with Gasteiger partial charge < -0.3 is 43.0 Å². The molecule has 0 spiro atoms. The standard InChI is InChI=1S/C39H50O17/c1-17(51-18(2)40)37-16-50-26(46)12-11-24(37)34(7)14-13-25-35(8,28(34)27(52-19(3)41)30(37)53-20(4)42)31(54-21(5)43)32(55-22(6)44)36(9)38(25,48)15-23(45)29-39(36,56-29)33(47)49-10/h11-12,17,24-25,27-32,48H,13-16H2,1-10H3/t17-,24+,25-,27+,28+,29-,30+,31-,32+,34+,35+,36-,37-,38-,39+/m1/s1. The zero-order valence-electron chi connectivity index (χ0n) is 33.2. The zero-order valence-corrected chi connectivity index (χ0v) is 33.2. The molecule has 2 aliphatic heterocycles. The molecule has 6 rings (SSSR count). The Labute approximate surface area is 323 Å². The number of epoxide rings is 1. The first-order valence-corrected chi connectivity index (χ1v) is 18.7. The number of ether oxygens (including phenoxy) is 8. The van der Waals surface area contributed by atoms with Crippen LogP contribution in [0.3, 0.4) is 0 Å². The predicted molar refractivity (Wildman–Crippen MR) is 184 cm³/mol. The highest BCUT2D eigenvalue weighted by Crippen LogP contribution is 2.78. The van der Waals surface area contributed by atoms with Crippen LogP contribution in [0.5, 0.6) is 0 Å². The van der Waals surface area contributed by atoms with E-state index < -0.39 is 148 Å². The molecule has 0 unspecified atom stereocenters. The number of fused-ring (bicyclic) bond motifs is 9. The lowest BCUT2D eigenvalue weighted by Gasteiger charge is -2.74. The first-order chi connectivity index (χ1) is 25.9. The Morgan fingerprint density at radius 1 is 0.839 bits per heavy atom. The number of rotatable bonds is 7. The van der Waals surface area contributed by atoms with Crippen molar-refractivity contribution in [3.05, 3.63) is 12.2 Å². The summed E-state index contributed by atoms with van der Waals surface area (Å²) in [5.74, 6) is -9.63. The Hall–Kier alpha value is -4.38. The maximum Gasteiger partial charge on any atom is 0.342 e. The molecule has 4 aliphatic carbocycles. The van der Waals surface area contributed by atoms with Crippen molar-refractivity contribution in [1.82, 2.24) is 0 Å². The van der Waals surface area contributed by atoms with E-state index in [-0.39, 0.29) is 12.8 Å². The van der Waals surface area contributed by atoms with Crippen molar-refractivity contribution in [2.45, 2.75) is 129 Å². The number of aliphatic hydroxyl groups is 1. The van der Waals surface area contributed by atoms with Gasteiger partial charge in [-0.1, -0.05) is 19.9 Å². The molecule has 0 bridgehead atoms. The Bertz CT molecular complexity index is 1810. The van der Waals surface area contributed by atoms with E-state index in [1.54, 1.807) is 19.9 Å². The van der Waals surface area contributed by atoms with Gasteiger partial charge in [-0.3, -0.25) is 28.8 Å². The Kier molecular flexibility index (Phi) is 9.84. The van der Waals surface area contributed by atoms with Gasteiger partial charge in [-0.25, -0.2) is 9.59 Å². The monoisotopic (exact) mass is 790 g/mol. The smallest absolute Gasteiger partial charge is 0.342 e. The van der Waals surface area contributed by atoms with Crippen molar-refractivity contribution in [3.8, 4) is 0 Å². The van der Waals surface area contributed by atoms with Gasteiger partial charge in [-0.15, -0.1) is 0 Å². The van der Waals surface area contributed by atoms with E-state index in [2.05, 4.69) is 0 Å². The van der Waals surface area contributed by atoms with E-state index in [9.17, 15) is 43.5 Å². The highest BCUT2D eigenvalue weighted by molar-refractivity contribution is 6.01. The second-order valence-corrected chi connectivity index (χ2v) is 16.9. The number of hydrogen-bond donors (Lipinski definition) is 1. The topological polar surface area (TPSA) is 234 Å². The predicted octanol–water partition coefficient (Wildman–Crippen LogP) is 1.47. The maximum atomic E-state index is 13.9. The molecule has 17 nitrogen and oxygen atoms in total. The van der Waals surface area contributed by atoms with Crippen LogP contribution in [0.15, 0.2) is 12.2 Å². The maximum absolute atomic E-state index is 13.9. The van der Waals surface area contributed by atoms with Crippen LogP contribution in [-0.4, -0.2) is 114 Å². The quantitative estimate of drug-likeness (QED) is 0.218. The molecule has 2 heterocycles. The van der Waals surface area contributed by atoms with Gasteiger partial charge in [0, 0.05) is 58.4 Å². The van der Waals surface area contributed by atoms with Crippen LogP contribution in [-0.2, 0) is 76.3 Å². The normalized spacial score (nSPS) is 44.9. The van der Waals surface area contributed by atoms with Crippen LogP contribution in [0.2, 0.25) is 0 Å². The third-order valence-electron chi connectivity index (χ3n) is 14.3. The van der Waals surface area contributed by atoms with Gasteiger partial charge in [0.05, 0.1) is 23.5 Å². The number of allylic oxidation sites excluding steroid dienone is 1. The Morgan fingerprint density at radius 2 is 1.41 bits per heavy atom. The van der Waals surface area contributed by atoms with E-state index in [4.69, 9.17) is 37.9 Å². The van der Waals surface area contributed by atoms with Gasteiger partial charge in [0.2, 0.25) is 5.60 Å². The summed E-state index contributed by atoms with van der Waals surface area (Å²) < 4.78 is 47.2. The van der Waals surface area contributed by atoms with E-state index in [0.717, 1.165) is 34.8 Å². The van der Waals surface area contributed by atoms with Gasteiger partial charge >= 0.3 is 41.8 Å². The summed E-state index contributed by atoms with van der Waals surface area (Å²) in [5.41, 5.74) is -10.9. The molecule has 5 fully saturated rings. The first-order valence-electron chi connectivity index (χ1n) is 18.7. The fourth-order valence-corrected chi connectivity index (χ4v) is 12.5. The molecular weight excluding hydrogens is 740 g/mol. The highest BCUT2D eigenvalue weighted by atomic mass is 16.7. The molecule has 17 heteroatoms. The molecule has 0 aromatic carbocycles. The van der Waals surface area contributed by atoms with Gasteiger partial charge in [0.25, 0.3) is 0 Å². The fraction of sp³-hybridized carbons (Fsp3) is 0.744. The van der Waals surface area contributed by atoms with Crippen LogP contribution in [0.1, 0.15) is 81.6 Å². The minimum Gasteiger partial charge on any atom is -0.467 e. The van der Waals surface area contributed by atoms with E-state index >= 15 is 0 Å². The number of Topliss-reactive ketones (excluding diaryl/α,β-unsaturated/α-hetero) is 1. The number of carbonyl (C=O) groups is 8. The fourth-order valence-electron chi connectivity index (χ4n) is 12.5. The second kappa shape index (κ2) is 13.4. The van der Waals surface area contributed by atoms with Crippen LogP contribution < -0.4 is 0 Å². The average molecular weight is 791 g/mol. The molecular formula is C39H50O17. The SMILES string of the molecule is COC(=O)[C@@]12O[C@@H]1C(=O)C[C@@]1(O)[C@@H]3CC[C@]4(C)[C@H]([C@H](OC(C)=O)[C@H](OC(C)=O)[C@@]5([C@@H](C)OC(C)=O)COC(=O)C=C[C@@H]45)[C@@]3(C)[C@H](OC(C)=O)[C@H](OC(C)=O)[C@]12C. The molecule has 0 amide bonds. The second-order valence-electron chi connectivity index (χ2n) is 16.9. The molecule has 15 atom stereocenters. The van der Waals surface area contributed by atoms with E-state index in [1.165, 1.54) is 19.9 Å². The largest absolute Gasteiger partial charge is 0.467 e. The summed E-state index contributed by atoms with van der Waals surface area (Å²) in [6, 6.07) is 0. The third-order valence-corrected chi connectivity index (χ3v) is 14.3. The van der Waals surface area contributed by atoms with Crippen LogP contribution in [0.25, 0.3) is 0 Å². The molecule has 0 radical (unpaired) electrons. The lowest BCUT2D eigenvalue weighted by atomic mass is 9.31. The number of hydrogen-bond acceptors (Lipinski definition) is 17. The first kappa shape index (κ1) is 41.3. The Morgan fingerprint density at radius 3 is 1.96 bits per heavy atom. The molecule has 1 N–H and O–H groups in total. The van der Waals surface area contributed by atoms with Gasteiger partial charge in [0.1, 0.15) is 24.9 Å². The Balaban J connectivity index is 1.72. The number of methoxy groups -OCH3 is 1. The molecule has 56 heavy (non-hydrogen) atoms. The number of esters is 7. The summed E-state index contributed by atoms with van der Waals surface area (Å²) in [4.78, 5) is 106. The third kappa shape index (κ3) is 5.31. The summed E-state index contributed by atoms with van der Waals surface area (Å²) in [6.45, 7) is 11.7. The van der Waals surface area contributed by atoms with Gasteiger partial charge in [-0.05, 0) is 43.9 Å². The number of ketones is 1. The van der Waals surface area contributed by atoms with Crippen molar-refractivity contribution < 1.29 is 81.4 Å². The van der Waals surface area contributed by atoms with Crippen LogP contribution >= 0.6 is 0 Å². The van der Waals surface area contributed by atoms with Crippen LogP contribution in [0, 0.1) is 39.4 Å². The number of cyclic esters (lactones) is 1. The van der Waals surface area contributed by atoms with Crippen molar-refractivity contribution >= 4 is 47.6 Å². The molecule has 1 saturated heterocycles. The van der Waals surface area contributed by atoms with Crippen molar-refractivity contribution in [2.75, 3.05) is 13.7 Å². The zero-order chi connectivity index (χ0) is 41.7. The van der Waals surface area contributed by atoms with Crippen molar-refractivity contribution in [3.63, 3.8) is 0 Å². The van der Waals surface area contributed by atoms with Crippen LogP contribution in [0.4, 0.5) is 0 Å². The molecule has 4 saturated carbocycles. The van der Waals surface area contributed by atoms with Gasteiger partial charge in [-0.2, -0.15) is 0 Å². The minimum atomic E-state index is -2.26.